The molecule has 0 N–H and O–H groups in total. The first-order valence-electron chi connectivity index (χ1n) is 8.19. The normalized spacial score (nSPS) is 21.5. The van der Waals surface area contributed by atoms with Crippen molar-refractivity contribution in [3.8, 4) is 6.07 Å². The summed E-state index contributed by atoms with van der Waals surface area (Å²) < 4.78 is 18.5. The number of hydrogen-bond acceptors (Lipinski definition) is 3. The largest absolute Gasteiger partial charge is 0.459 e. The third-order valence-corrected chi connectivity index (χ3v) is 4.21. The number of nitrogens with zero attached hydrogens (tertiary/aromatic N) is 1. The number of hydrogen-bond donors (Lipinski definition) is 0. The quantitative estimate of drug-likeness (QED) is 0.583. The zero-order valence-electron chi connectivity index (χ0n) is 13.4. The van der Waals surface area contributed by atoms with Crippen LogP contribution in [-0.2, 0) is 11.2 Å². The van der Waals surface area contributed by atoms with Gasteiger partial charge in [-0.3, -0.25) is 0 Å². The average molecular weight is 315 g/mol. The number of halogens is 1. The van der Waals surface area contributed by atoms with Gasteiger partial charge in [0.05, 0.1) is 5.56 Å². The molecule has 0 amide bonds. The van der Waals surface area contributed by atoms with Gasteiger partial charge in [0.15, 0.2) is 5.83 Å². The number of esters is 1. The zero-order valence-corrected chi connectivity index (χ0v) is 13.4. The van der Waals surface area contributed by atoms with Crippen molar-refractivity contribution in [1.82, 2.24) is 0 Å². The van der Waals surface area contributed by atoms with Gasteiger partial charge in [-0.2, -0.15) is 9.65 Å². The van der Waals surface area contributed by atoms with E-state index in [9.17, 15) is 9.18 Å². The number of ether oxygens (including phenoxy) is 1. The van der Waals surface area contributed by atoms with Gasteiger partial charge < -0.3 is 4.74 Å². The number of rotatable bonds is 5. The molecule has 1 saturated carbocycles. The smallest absolute Gasteiger partial charge is 0.338 e. The minimum absolute atomic E-state index is 0.0675. The van der Waals surface area contributed by atoms with Gasteiger partial charge in [0.2, 0.25) is 0 Å². The second kappa shape index (κ2) is 8.47. The summed E-state index contributed by atoms with van der Waals surface area (Å²) in [6.07, 6.45) is 6.24. The Morgan fingerprint density at radius 1 is 1.30 bits per heavy atom. The van der Waals surface area contributed by atoms with Crippen LogP contribution >= 0.6 is 0 Å². The second-order valence-electron chi connectivity index (χ2n) is 6.02. The van der Waals surface area contributed by atoms with Crippen molar-refractivity contribution < 1.29 is 13.9 Å². The number of carbonyl (C=O) groups excluding carboxylic acids is 1. The molecule has 1 fully saturated rings. The molecule has 0 atom stereocenters. The molecular formula is C19H22FNO2. The fraction of sp³-hybridized carbons (Fsp3) is 0.474. The standard InChI is InChI=1S/C19H22FNO2/c1-2-3-14-4-8-16(9-5-14)19(22)23-18-10-6-15(7-11-18)12-17(20)13-21/h4-5,8-9,12,15,18H,2-3,6-7,10-11H2,1H3/t15-,18-. The minimum Gasteiger partial charge on any atom is -0.459 e. The minimum atomic E-state index is -0.724. The number of benzene rings is 1. The maximum absolute atomic E-state index is 12.9. The number of nitriles is 1. The van der Waals surface area contributed by atoms with E-state index in [0.29, 0.717) is 18.4 Å². The monoisotopic (exact) mass is 315 g/mol. The van der Waals surface area contributed by atoms with E-state index < -0.39 is 5.83 Å². The van der Waals surface area contributed by atoms with E-state index in [-0.39, 0.29) is 18.0 Å². The van der Waals surface area contributed by atoms with Crippen molar-refractivity contribution in [2.75, 3.05) is 0 Å². The van der Waals surface area contributed by atoms with Crippen molar-refractivity contribution in [2.45, 2.75) is 51.6 Å². The van der Waals surface area contributed by atoms with Crippen LogP contribution in [0.5, 0.6) is 0 Å². The van der Waals surface area contributed by atoms with Gasteiger partial charge in [0.25, 0.3) is 0 Å². The van der Waals surface area contributed by atoms with Gasteiger partial charge in [-0.1, -0.05) is 25.5 Å². The lowest BCUT2D eigenvalue weighted by molar-refractivity contribution is 0.0184. The molecule has 1 aromatic carbocycles. The molecule has 1 aliphatic carbocycles. The summed E-state index contributed by atoms with van der Waals surface area (Å²) in [6.45, 7) is 2.12. The topological polar surface area (TPSA) is 50.1 Å². The van der Waals surface area contributed by atoms with Crippen LogP contribution in [0.15, 0.2) is 36.2 Å². The zero-order chi connectivity index (χ0) is 16.7. The molecule has 0 aliphatic heterocycles. The van der Waals surface area contributed by atoms with Crippen molar-refractivity contribution >= 4 is 5.97 Å². The molecule has 1 aliphatic rings. The third kappa shape index (κ3) is 5.21. The molecule has 0 saturated heterocycles. The fourth-order valence-corrected chi connectivity index (χ4v) is 2.93. The molecular weight excluding hydrogens is 293 g/mol. The maximum Gasteiger partial charge on any atom is 0.338 e. The summed E-state index contributed by atoms with van der Waals surface area (Å²) in [5.41, 5.74) is 1.79. The van der Waals surface area contributed by atoms with Crippen LogP contribution < -0.4 is 0 Å². The van der Waals surface area contributed by atoms with E-state index in [4.69, 9.17) is 10.00 Å². The Kier molecular flexibility index (Phi) is 6.34. The first-order chi connectivity index (χ1) is 11.1. The summed E-state index contributed by atoms with van der Waals surface area (Å²) in [7, 11) is 0. The number of allylic oxidation sites excluding steroid dienone is 2. The Hall–Kier alpha value is -2.15. The number of aryl methyl sites for hydroxylation is 1. The molecule has 0 unspecified atom stereocenters. The van der Waals surface area contributed by atoms with E-state index in [1.54, 1.807) is 0 Å². The van der Waals surface area contributed by atoms with Crippen molar-refractivity contribution in [3.63, 3.8) is 0 Å². The third-order valence-electron chi connectivity index (χ3n) is 4.21. The Morgan fingerprint density at radius 2 is 1.96 bits per heavy atom. The molecule has 0 heterocycles. The molecule has 23 heavy (non-hydrogen) atoms. The van der Waals surface area contributed by atoms with Crippen LogP contribution in [0.25, 0.3) is 0 Å². The SMILES string of the molecule is CCCc1ccc(C(=O)O[C@H]2CC[C@H](C=C(F)C#N)CC2)cc1. The molecule has 0 spiro atoms. The fourth-order valence-electron chi connectivity index (χ4n) is 2.93. The summed E-state index contributed by atoms with van der Waals surface area (Å²) in [5, 5.41) is 8.45. The van der Waals surface area contributed by atoms with Crippen molar-refractivity contribution in [1.29, 1.82) is 5.26 Å². The van der Waals surface area contributed by atoms with Crippen LogP contribution in [0.2, 0.25) is 0 Å². The summed E-state index contributed by atoms with van der Waals surface area (Å²) >= 11 is 0. The van der Waals surface area contributed by atoms with Gasteiger partial charge in [0.1, 0.15) is 12.2 Å². The predicted molar refractivity (Wildman–Crippen MR) is 86.4 cm³/mol. The Balaban J connectivity index is 1.84. The number of carbonyl (C=O) groups is 1. The highest BCUT2D eigenvalue weighted by Gasteiger charge is 2.23. The van der Waals surface area contributed by atoms with Crippen LogP contribution in [0.1, 0.15) is 54.9 Å². The molecule has 1 aromatic rings. The summed E-state index contributed by atoms with van der Waals surface area (Å²) in [4.78, 5) is 12.2. The van der Waals surface area contributed by atoms with Gasteiger partial charge in [0, 0.05) is 0 Å². The Labute approximate surface area is 136 Å². The van der Waals surface area contributed by atoms with Crippen molar-refractivity contribution in [2.24, 2.45) is 5.92 Å². The van der Waals surface area contributed by atoms with Crippen LogP contribution in [0.4, 0.5) is 4.39 Å². The maximum atomic E-state index is 12.9. The molecule has 0 bridgehead atoms. The highest BCUT2D eigenvalue weighted by atomic mass is 19.1. The summed E-state index contributed by atoms with van der Waals surface area (Å²) in [5.74, 6) is -0.953. The van der Waals surface area contributed by atoms with E-state index in [1.807, 2.05) is 24.3 Å². The van der Waals surface area contributed by atoms with E-state index in [1.165, 1.54) is 17.7 Å². The summed E-state index contributed by atoms with van der Waals surface area (Å²) in [6, 6.07) is 9.05. The van der Waals surface area contributed by atoms with Crippen LogP contribution in [-0.4, -0.2) is 12.1 Å². The van der Waals surface area contributed by atoms with Gasteiger partial charge in [-0.15, -0.1) is 0 Å². The van der Waals surface area contributed by atoms with Gasteiger partial charge in [-0.25, -0.2) is 4.79 Å². The lowest BCUT2D eigenvalue weighted by Gasteiger charge is -2.26. The lowest BCUT2D eigenvalue weighted by Crippen LogP contribution is -2.24. The first-order valence-corrected chi connectivity index (χ1v) is 8.19. The highest BCUT2D eigenvalue weighted by Crippen LogP contribution is 2.28. The molecule has 2 rings (SSSR count). The van der Waals surface area contributed by atoms with Crippen LogP contribution in [0, 0.1) is 17.2 Å². The molecule has 3 nitrogen and oxygen atoms in total. The van der Waals surface area contributed by atoms with E-state index in [2.05, 4.69) is 6.92 Å². The van der Waals surface area contributed by atoms with Gasteiger partial charge in [-0.05, 0) is 61.8 Å². The van der Waals surface area contributed by atoms with Crippen molar-refractivity contribution in [3.05, 3.63) is 47.3 Å². The molecule has 0 aromatic heterocycles. The average Bonchev–Trinajstić information content (AvgIpc) is 2.57. The van der Waals surface area contributed by atoms with E-state index in [0.717, 1.165) is 25.7 Å². The molecule has 4 heteroatoms. The lowest BCUT2D eigenvalue weighted by atomic mass is 9.87. The predicted octanol–water partition coefficient (Wildman–Crippen LogP) is 4.73. The molecule has 122 valence electrons. The first kappa shape index (κ1) is 17.2. The van der Waals surface area contributed by atoms with Gasteiger partial charge >= 0.3 is 5.97 Å². The Morgan fingerprint density at radius 3 is 2.52 bits per heavy atom. The van der Waals surface area contributed by atoms with Crippen LogP contribution in [0.3, 0.4) is 0 Å². The second-order valence-corrected chi connectivity index (χ2v) is 6.02. The Bertz CT molecular complexity index is 593. The molecule has 0 radical (unpaired) electrons. The van der Waals surface area contributed by atoms with E-state index >= 15 is 0 Å². The highest BCUT2D eigenvalue weighted by molar-refractivity contribution is 5.89.